The van der Waals surface area contributed by atoms with Gasteiger partial charge in [-0.1, -0.05) is 0 Å². The van der Waals surface area contributed by atoms with Gasteiger partial charge in [0.15, 0.2) is 0 Å². The van der Waals surface area contributed by atoms with Gasteiger partial charge in [-0.3, -0.25) is 0 Å². The number of ether oxygens (including phenoxy) is 1. The second kappa shape index (κ2) is 4.97. The maximum Gasteiger partial charge on any atom is 0.243 e. The molecule has 6 nitrogen and oxygen atoms in total. The lowest BCUT2D eigenvalue weighted by Crippen LogP contribution is -2.22. The van der Waals surface area contributed by atoms with E-state index >= 15 is 0 Å². The minimum absolute atomic E-state index is 0.339. The Morgan fingerprint density at radius 2 is 2.47 bits per heavy atom. The molecular weight excluding hydrogens is 194 g/mol. The lowest BCUT2D eigenvalue weighted by Gasteiger charge is -2.22. The lowest BCUT2D eigenvalue weighted by atomic mass is 10.1. The molecular formula is C9H17N5O. The molecule has 84 valence electrons. The molecule has 15 heavy (non-hydrogen) atoms. The highest BCUT2D eigenvalue weighted by Gasteiger charge is 2.13. The summed E-state index contributed by atoms with van der Waals surface area (Å²) in [5, 5.41) is 9.56. The summed E-state index contributed by atoms with van der Waals surface area (Å²) in [4.78, 5) is 3.95. The topological polar surface area (TPSA) is 88.8 Å². The summed E-state index contributed by atoms with van der Waals surface area (Å²) in [5.41, 5.74) is 5.40. The minimum Gasteiger partial charge on any atom is -0.378 e. The first kappa shape index (κ1) is 10.2. The Morgan fingerprint density at radius 1 is 1.53 bits per heavy atom. The third-order valence-electron chi connectivity index (χ3n) is 2.53. The van der Waals surface area contributed by atoms with Gasteiger partial charge in [0.1, 0.15) is 0 Å². The molecule has 1 aliphatic heterocycles. The van der Waals surface area contributed by atoms with Crippen LogP contribution in [-0.4, -0.2) is 34.4 Å². The number of hydrogen-bond donors (Lipinski definition) is 3. The second-order valence-electron chi connectivity index (χ2n) is 3.75. The summed E-state index contributed by atoms with van der Waals surface area (Å²) >= 11 is 0. The van der Waals surface area contributed by atoms with Gasteiger partial charge in [-0.15, -0.1) is 5.10 Å². The third-order valence-corrected chi connectivity index (χ3v) is 2.53. The van der Waals surface area contributed by atoms with Crippen LogP contribution in [0.5, 0.6) is 0 Å². The Kier molecular flexibility index (Phi) is 3.39. The molecule has 0 radical (unpaired) electrons. The highest BCUT2D eigenvalue weighted by molar-refractivity contribution is 5.29. The highest BCUT2D eigenvalue weighted by Crippen LogP contribution is 2.15. The fraction of sp³-hybridized carbons (Fsp3) is 0.778. The lowest BCUT2D eigenvalue weighted by molar-refractivity contribution is 0.0134. The molecule has 0 bridgehead atoms. The molecule has 1 aromatic heterocycles. The predicted molar refractivity (Wildman–Crippen MR) is 57.5 cm³/mol. The molecule has 1 aromatic rings. The number of hydrogen-bond acceptors (Lipinski definition) is 5. The van der Waals surface area contributed by atoms with Gasteiger partial charge in [-0.05, 0) is 25.7 Å². The number of aromatic nitrogens is 3. The number of nitrogens with zero attached hydrogens (tertiary/aromatic N) is 2. The fourth-order valence-electron chi connectivity index (χ4n) is 1.73. The van der Waals surface area contributed by atoms with Crippen LogP contribution in [0.3, 0.4) is 0 Å². The van der Waals surface area contributed by atoms with Crippen LogP contribution in [0.2, 0.25) is 0 Å². The minimum atomic E-state index is 0.339. The quantitative estimate of drug-likeness (QED) is 0.684. The van der Waals surface area contributed by atoms with Crippen molar-refractivity contribution in [2.24, 2.45) is 0 Å². The zero-order valence-corrected chi connectivity index (χ0v) is 8.70. The number of nitrogens with two attached hydrogens (primary N) is 1. The van der Waals surface area contributed by atoms with Crippen LogP contribution in [-0.2, 0) is 4.74 Å². The van der Waals surface area contributed by atoms with Gasteiger partial charge < -0.3 is 15.8 Å². The Bertz CT molecular complexity index is 294. The monoisotopic (exact) mass is 211 g/mol. The molecule has 0 spiro atoms. The molecule has 0 amide bonds. The Morgan fingerprint density at radius 3 is 3.13 bits per heavy atom. The highest BCUT2D eigenvalue weighted by atomic mass is 16.5. The molecule has 0 aromatic carbocycles. The number of rotatable bonds is 4. The molecule has 1 unspecified atom stereocenters. The van der Waals surface area contributed by atoms with E-state index in [1.54, 1.807) is 0 Å². The van der Waals surface area contributed by atoms with Gasteiger partial charge in [0.2, 0.25) is 11.9 Å². The SMILES string of the molecule is Nc1nc(NCCC2CCCCO2)n[nH]1. The Hall–Kier alpha value is -1.30. The van der Waals surface area contributed by atoms with E-state index < -0.39 is 0 Å². The van der Waals surface area contributed by atoms with Crippen molar-refractivity contribution < 1.29 is 4.74 Å². The van der Waals surface area contributed by atoms with Crippen molar-refractivity contribution in [1.82, 2.24) is 15.2 Å². The van der Waals surface area contributed by atoms with E-state index in [0.717, 1.165) is 26.0 Å². The predicted octanol–water partition coefficient (Wildman–Crippen LogP) is 0.758. The van der Waals surface area contributed by atoms with Crippen molar-refractivity contribution in [3.8, 4) is 0 Å². The Labute approximate surface area is 88.6 Å². The number of nitrogen functional groups attached to an aromatic ring is 1. The van der Waals surface area contributed by atoms with Gasteiger partial charge in [-0.2, -0.15) is 4.98 Å². The normalized spacial score (nSPS) is 21.5. The second-order valence-corrected chi connectivity index (χ2v) is 3.75. The van der Waals surface area contributed by atoms with E-state index in [1.165, 1.54) is 12.8 Å². The van der Waals surface area contributed by atoms with Crippen LogP contribution >= 0.6 is 0 Å². The number of nitrogens with one attached hydrogen (secondary N) is 2. The van der Waals surface area contributed by atoms with Crippen LogP contribution in [0.1, 0.15) is 25.7 Å². The van der Waals surface area contributed by atoms with Gasteiger partial charge in [0, 0.05) is 13.2 Å². The molecule has 0 saturated carbocycles. The number of H-pyrrole nitrogens is 1. The summed E-state index contributed by atoms with van der Waals surface area (Å²) < 4.78 is 5.61. The van der Waals surface area contributed by atoms with E-state index in [9.17, 15) is 0 Å². The fourth-order valence-corrected chi connectivity index (χ4v) is 1.73. The molecule has 2 rings (SSSR count). The molecule has 1 aliphatic rings. The number of aromatic amines is 1. The summed E-state index contributed by atoms with van der Waals surface area (Å²) in [6, 6.07) is 0. The first-order chi connectivity index (χ1) is 7.34. The van der Waals surface area contributed by atoms with Crippen molar-refractivity contribution in [3.63, 3.8) is 0 Å². The summed E-state index contributed by atoms with van der Waals surface area (Å²) in [6.07, 6.45) is 5.02. The molecule has 1 fully saturated rings. The summed E-state index contributed by atoms with van der Waals surface area (Å²) in [5.74, 6) is 0.898. The standard InChI is InChI=1S/C9H17N5O/c10-8-12-9(14-13-8)11-5-4-7-3-1-2-6-15-7/h7H,1-6H2,(H4,10,11,12,13,14). The van der Waals surface area contributed by atoms with E-state index in [1.807, 2.05) is 0 Å². The van der Waals surface area contributed by atoms with Gasteiger partial charge >= 0.3 is 0 Å². The number of anilines is 2. The van der Waals surface area contributed by atoms with Gasteiger partial charge in [0.25, 0.3) is 0 Å². The first-order valence-corrected chi connectivity index (χ1v) is 5.38. The van der Waals surface area contributed by atoms with Crippen LogP contribution in [0, 0.1) is 0 Å². The van der Waals surface area contributed by atoms with Crippen molar-refractivity contribution in [3.05, 3.63) is 0 Å². The smallest absolute Gasteiger partial charge is 0.243 e. The largest absolute Gasteiger partial charge is 0.378 e. The van der Waals surface area contributed by atoms with E-state index in [0.29, 0.717) is 18.0 Å². The van der Waals surface area contributed by atoms with Crippen LogP contribution < -0.4 is 11.1 Å². The molecule has 4 N–H and O–H groups in total. The van der Waals surface area contributed by atoms with Gasteiger partial charge in [0.05, 0.1) is 6.10 Å². The molecule has 0 aliphatic carbocycles. The molecule has 2 heterocycles. The van der Waals surface area contributed by atoms with Crippen molar-refractivity contribution in [1.29, 1.82) is 0 Å². The summed E-state index contributed by atoms with van der Waals surface area (Å²) in [6.45, 7) is 1.72. The maximum absolute atomic E-state index is 5.61. The summed E-state index contributed by atoms with van der Waals surface area (Å²) in [7, 11) is 0. The zero-order chi connectivity index (χ0) is 10.5. The van der Waals surface area contributed by atoms with Crippen molar-refractivity contribution in [2.45, 2.75) is 31.8 Å². The molecule has 6 heteroatoms. The maximum atomic E-state index is 5.61. The zero-order valence-electron chi connectivity index (χ0n) is 8.70. The average molecular weight is 211 g/mol. The van der Waals surface area contributed by atoms with Gasteiger partial charge in [-0.25, -0.2) is 5.10 Å². The van der Waals surface area contributed by atoms with E-state index in [4.69, 9.17) is 10.5 Å². The van der Waals surface area contributed by atoms with E-state index in [2.05, 4.69) is 20.5 Å². The third kappa shape index (κ3) is 3.09. The van der Waals surface area contributed by atoms with Crippen molar-refractivity contribution >= 4 is 11.9 Å². The Balaban J connectivity index is 1.65. The van der Waals surface area contributed by atoms with Crippen molar-refractivity contribution in [2.75, 3.05) is 24.2 Å². The molecule has 1 saturated heterocycles. The molecule has 1 atom stereocenters. The van der Waals surface area contributed by atoms with Crippen LogP contribution in [0.15, 0.2) is 0 Å². The van der Waals surface area contributed by atoms with Crippen LogP contribution in [0.25, 0.3) is 0 Å². The first-order valence-electron chi connectivity index (χ1n) is 5.38. The van der Waals surface area contributed by atoms with Crippen LogP contribution in [0.4, 0.5) is 11.9 Å². The average Bonchev–Trinajstić information content (AvgIpc) is 2.66. The van der Waals surface area contributed by atoms with E-state index in [-0.39, 0.29) is 0 Å².